The van der Waals surface area contributed by atoms with Gasteiger partial charge in [-0.1, -0.05) is 61.5 Å². The predicted octanol–water partition coefficient (Wildman–Crippen LogP) is 3.94. The van der Waals surface area contributed by atoms with Crippen molar-refractivity contribution in [3.8, 4) is 11.4 Å². The summed E-state index contributed by atoms with van der Waals surface area (Å²) < 4.78 is 5.34. The van der Waals surface area contributed by atoms with E-state index in [-0.39, 0.29) is 6.04 Å². The van der Waals surface area contributed by atoms with Gasteiger partial charge in [0.25, 0.3) is 0 Å². The van der Waals surface area contributed by atoms with Crippen LogP contribution >= 0.6 is 0 Å². The van der Waals surface area contributed by atoms with Gasteiger partial charge in [-0.15, -0.1) is 0 Å². The average molecular weight is 281 g/mol. The Labute approximate surface area is 124 Å². The standard InChI is InChI=1S/C17H19N3O/c1-11(2)10-15(18)17-19-16(20-21-17)14-9-5-7-12-6-3-4-8-13(12)14/h3-9,11,15H,10,18H2,1-2H3/t15-/m1/s1. The fourth-order valence-electron chi connectivity index (χ4n) is 2.52. The van der Waals surface area contributed by atoms with Gasteiger partial charge < -0.3 is 10.3 Å². The first-order valence-electron chi connectivity index (χ1n) is 7.22. The third-order valence-electron chi connectivity index (χ3n) is 3.51. The summed E-state index contributed by atoms with van der Waals surface area (Å²) >= 11 is 0. The lowest BCUT2D eigenvalue weighted by molar-refractivity contribution is 0.335. The molecule has 1 atom stereocenters. The second kappa shape index (κ2) is 5.66. The monoisotopic (exact) mass is 281 g/mol. The third kappa shape index (κ3) is 2.81. The van der Waals surface area contributed by atoms with Gasteiger partial charge in [0.05, 0.1) is 6.04 Å². The van der Waals surface area contributed by atoms with Crippen molar-refractivity contribution in [3.63, 3.8) is 0 Å². The maximum atomic E-state index is 6.10. The summed E-state index contributed by atoms with van der Waals surface area (Å²) in [5.74, 6) is 1.60. The van der Waals surface area contributed by atoms with Crippen molar-refractivity contribution in [2.45, 2.75) is 26.3 Å². The molecule has 0 fully saturated rings. The minimum Gasteiger partial charge on any atom is -0.337 e. The van der Waals surface area contributed by atoms with E-state index in [1.54, 1.807) is 0 Å². The number of benzene rings is 2. The highest BCUT2D eigenvalue weighted by Gasteiger charge is 2.17. The summed E-state index contributed by atoms with van der Waals surface area (Å²) in [5, 5.41) is 6.37. The molecule has 1 aromatic heterocycles. The number of fused-ring (bicyclic) bond motifs is 1. The highest BCUT2D eigenvalue weighted by Crippen LogP contribution is 2.27. The Hall–Kier alpha value is -2.20. The summed E-state index contributed by atoms with van der Waals surface area (Å²) in [4.78, 5) is 4.48. The van der Waals surface area contributed by atoms with Gasteiger partial charge in [-0.2, -0.15) is 4.98 Å². The molecule has 4 heteroatoms. The smallest absolute Gasteiger partial charge is 0.243 e. The summed E-state index contributed by atoms with van der Waals surface area (Å²) in [5.41, 5.74) is 7.08. The number of hydrogen-bond donors (Lipinski definition) is 1. The zero-order valence-corrected chi connectivity index (χ0v) is 12.3. The molecule has 0 spiro atoms. The van der Waals surface area contributed by atoms with E-state index >= 15 is 0 Å². The molecule has 0 bridgehead atoms. The summed E-state index contributed by atoms with van der Waals surface area (Å²) in [6.07, 6.45) is 0.831. The van der Waals surface area contributed by atoms with Crippen molar-refractivity contribution < 1.29 is 4.52 Å². The van der Waals surface area contributed by atoms with Crippen LogP contribution in [-0.4, -0.2) is 10.1 Å². The summed E-state index contributed by atoms with van der Waals surface area (Å²) in [6.45, 7) is 4.25. The van der Waals surface area contributed by atoms with E-state index in [4.69, 9.17) is 10.3 Å². The zero-order valence-electron chi connectivity index (χ0n) is 12.3. The summed E-state index contributed by atoms with van der Waals surface area (Å²) in [7, 11) is 0. The van der Waals surface area contributed by atoms with Gasteiger partial charge in [0.2, 0.25) is 11.7 Å². The molecule has 2 aromatic carbocycles. The van der Waals surface area contributed by atoms with E-state index in [2.05, 4.69) is 42.2 Å². The van der Waals surface area contributed by atoms with Crippen LogP contribution < -0.4 is 5.73 Å². The Morgan fingerprint density at radius 1 is 1.10 bits per heavy atom. The molecule has 0 amide bonds. The highest BCUT2D eigenvalue weighted by atomic mass is 16.5. The fourth-order valence-corrected chi connectivity index (χ4v) is 2.52. The van der Waals surface area contributed by atoms with E-state index in [0.717, 1.165) is 22.8 Å². The van der Waals surface area contributed by atoms with Gasteiger partial charge in [0.15, 0.2) is 0 Å². The lowest BCUT2D eigenvalue weighted by Crippen LogP contribution is -2.13. The quantitative estimate of drug-likeness (QED) is 0.786. The maximum absolute atomic E-state index is 6.10. The van der Waals surface area contributed by atoms with Gasteiger partial charge in [-0.05, 0) is 23.1 Å². The van der Waals surface area contributed by atoms with Crippen LogP contribution in [0.2, 0.25) is 0 Å². The van der Waals surface area contributed by atoms with Crippen molar-refractivity contribution in [3.05, 3.63) is 48.4 Å². The van der Waals surface area contributed by atoms with Gasteiger partial charge in [0.1, 0.15) is 0 Å². The Morgan fingerprint density at radius 2 is 1.86 bits per heavy atom. The van der Waals surface area contributed by atoms with Gasteiger partial charge in [-0.25, -0.2) is 0 Å². The Bertz CT molecular complexity index is 743. The van der Waals surface area contributed by atoms with Gasteiger partial charge >= 0.3 is 0 Å². The van der Waals surface area contributed by atoms with Crippen LogP contribution in [0.4, 0.5) is 0 Å². The molecular formula is C17H19N3O. The number of rotatable bonds is 4. The maximum Gasteiger partial charge on any atom is 0.243 e. The topological polar surface area (TPSA) is 64.9 Å². The predicted molar refractivity (Wildman–Crippen MR) is 83.6 cm³/mol. The first-order valence-corrected chi connectivity index (χ1v) is 7.22. The zero-order chi connectivity index (χ0) is 14.8. The molecule has 0 radical (unpaired) electrons. The largest absolute Gasteiger partial charge is 0.337 e. The van der Waals surface area contributed by atoms with Crippen LogP contribution in [0, 0.1) is 5.92 Å². The molecule has 4 nitrogen and oxygen atoms in total. The van der Waals surface area contributed by atoms with Crippen molar-refractivity contribution in [1.29, 1.82) is 0 Å². The van der Waals surface area contributed by atoms with Crippen molar-refractivity contribution in [1.82, 2.24) is 10.1 Å². The Morgan fingerprint density at radius 3 is 2.67 bits per heavy atom. The molecule has 21 heavy (non-hydrogen) atoms. The minimum atomic E-state index is -0.207. The van der Waals surface area contributed by atoms with Crippen LogP contribution in [-0.2, 0) is 0 Å². The molecule has 0 aliphatic rings. The number of nitrogens with two attached hydrogens (primary N) is 1. The molecular weight excluding hydrogens is 262 g/mol. The van der Waals surface area contributed by atoms with Crippen LogP contribution in [0.25, 0.3) is 22.2 Å². The second-order valence-corrected chi connectivity index (χ2v) is 5.72. The number of nitrogens with zero attached hydrogens (tertiary/aromatic N) is 2. The Kier molecular flexibility index (Phi) is 3.71. The molecule has 0 unspecified atom stereocenters. The molecule has 0 saturated heterocycles. The lowest BCUT2D eigenvalue weighted by atomic mass is 10.0. The molecule has 108 valence electrons. The van der Waals surface area contributed by atoms with Crippen molar-refractivity contribution >= 4 is 10.8 Å². The number of aromatic nitrogens is 2. The van der Waals surface area contributed by atoms with E-state index in [0.29, 0.717) is 17.6 Å². The second-order valence-electron chi connectivity index (χ2n) is 5.72. The van der Waals surface area contributed by atoms with E-state index < -0.39 is 0 Å². The molecule has 0 aliphatic heterocycles. The van der Waals surface area contributed by atoms with E-state index in [1.807, 2.05) is 24.3 Å². The van der Waals surface area contributed by atoms with Crippen molar-refractivity contribution in [2.24, 2.45) is 11.7 Å². The molecule has 0 aliphatic carbocycles. The van der Waals surface area contributed by atoms with Crippen LogP contribution in [0.3, 0.4) is 0 Å². The molecule has 3 aromatic rings. The third-order valence-corrected chi connectivity index (χ3v) is 3.51. The fraction of sp³-hybridized carbons (Fsp3) is 0.294. The number of hydrogen-bond acceptors (Lipinski definition) is 4. The Balaban J connectivity index is 1.99. The molecule has 1 heterocycles. The van der Waals surface area contributed by atoms with Crippen LogP contribution in [0.15, 0.2) is 47.0 Å². The molecule has 3 rings (SSSR count). The first kappa shape index (κ1) is 13.8. The average Bonchev–Trinajstić information content (AvgIpc) is 2.95. The lowest BCUT2D eigenvalue weighted by Gasteiger charge is -2.08. The van der Waals surface area contributed by atoms with Crippen LogP contribution in [0.1, 0.15) is 32.2 Å². The summed E-state index contributed by atoms with van der Waals surface area (Å²) in [6, 6.07) is 14.0. The van der Waals surface area contributed by atoms with E-state index in [1.165, 1.54) is 0 Å². The highest BCUT2D eigenvalue weighted by molar-refractivity contribution is 5.94. The SMILES string of the molecule is CC(C)C[C@@H](N)c1nc(-c2cccc3ccccc23)no1. The molecule has 0 saturated carbocycles. The van der Waals surface area contributed by atoms with Crippen molar-refractivity contribution in [2.75, 3.05) is 0 Å². The molecule has 2 N–H and O–H groups in total. The van der Waals surface area contributed by atoms with Crippen LogP contribution in [0.5, 0.6) is 0 Å². The van der Waals surface area contributed by atoms with E-state index in [9.17, 15) is 0 Å². The normalized spacial score (nSPS) is 13.0. The first-order chi connectivity index (χ1) is 10.1. The van der Waals surface area contributed by atoms with Gasteiger partial charge in [-0.3, -0.25) is 0 Å². The minimum absolute atomic E-state index is 0.207. The van der Waals surface area contributed by atoms with Gasteiger partial charge in [0, 0.05) is 5.56 Å².